The summed E-state index contributed by atoms with van der Waals surface area (Å²) in [5.41, 5.74) is 1.28. The number of methoxy groups -OCH3 is 1. The third-order valence-electron chi connectivity index (χ3n) is 6.35. The summed E-state index contributed by atoms with van der Waals surface area (Å²) in [7, 11) is -3.30. The van der Waals surface area contributed by atoms with Crippen LogP contribution in [-0.2, 0) is 25.9 Å². The van der Waals surface area contributed by atoms with Crippen LogP contribution in [0, 0.1) is 18.6 Å². The Kier molecular flexibility index (Phi) is 8.95. The van der Waals surface area contributed by atoms with Crippen molar-refractivity contribution in [3.05, 3.63) is 99.9 Å². The molecule has 0 bridgehead atoms. The Morgan fingerprint density at radius 2 is 1.71 bits per heavy atom. The van der Waals surface area contributed by atoms with Gasteiger partial charge in [0, 0.05) is 25.6 Å². The lowest BCUT2D eigenvalue weighted by Crippen LogP contribution is -2.35. The quantitative estimate of drug-likeness (QED) is 0.287. The maximum Gasteiger partial charge on any atom is 0.277 e. The number of hydrogen-bond acceptors (Lipinski definition) is 8. The molecule has 4 aromatic rings. The number of ether oxygens (including phenoxy) is 2. The van der Waals surface area contributed by atoms with Gasteiger partial charge in [-0.25, -0.2) is 17.2 Å². The molecule has 0 aliphatic heterocycles. The van der Waals surface area contributed by atoms with Crippen molar-refractivity contribution in [2.75, 3.05) is 13.7 Å². The zero-order valence-corrected chi connectivity index (χ0v) is 23.7. The number of aryl methyl sites for hydroxylation is 1. The third kappa shape index (κ3) is 6.34. The fraction of sp³-hybridized carbons (Fsp3) is 0.276. The first-order valence-electron chi connectivity index (χ1n) is 12.6. The lowest BCUT2D eigenvalue weighted by atomic mass is 10.0. The van der Waals surface area contributed by atoms with Gasteiger partial charge in [-0.1, -0.05) is 12.1 Å². The van der Waals surface area contributed by atoms with Crippen molar-refractivity contribution in [2.24, 2.45) is 0 Å². The van der Waals surface area contributed by atoms with Crippen LogP contribution in [0.15, 0.2) is 75.5 Å². The normalized spacial score (nSPS) is 12.6. The summed E-state index contributed by atoms with van der Waals surface area (Å²) in [6, 6.07) is 9.05. The van der Waals surface area contributed by atoms with Gasteiger partial charge in [-0.05, 0) is 73.4 Å². The lowest BCUT2D eigenvalue weighted by molar-refractivity contribution is 0.0557. The van der Waals surface area contributed by atoms with Crippen LogP contribution in [0.5, 0.6) is 5.88 Å². The molecule has 2 aromatic carbocycles. The molecule has 2 aromatic heterocycles. The van der Waals surface area contributed by atoms with Crippen molar-refractivity contribution in [3.8, 4) is 17.0 Å². The summed E-state index contributed by atoms with van der Waals surface area (Å²) in [4.78, 5) is 20.8. The van der Waals surface area contributed by atoms with Gasteiger partial charge < -0.3 is 14.6 Å². The third-order valence-corrected chi connectivity index (χ3v) is 8.13. The van der Waals surface area contributed by atoms with E-state index in [1.807, 2.05) is 6.92 Å². The number of hydrogen-bond donors (Lipinski definition) is 1. The van der Waals surface area contributed by atoms with E-state index in [1.54, 1.807) is 44.4 Å². The molecule has 0 amide bonds. The number of aromatic hydroxyl groups is 1. The monoisotopic (exact) mass is 585 g/mol. The number of halogens is 2. The summed E-state index contributed by atoms with van der Waals surface area (Å²) in [5.74, 6) is -2.99. The van der Waals surface area contributed by atoms with Gasteiger partial charge in [0.15, 0.2) is 4.90 Å². The van der Waals surface area contributed by atoms with Crippen LogP contribution >= 0.6 is 0 Å². The molecule has 9 nitrogen and oxygen atoms in total. The highest BCUT2D eigenvalue weighted by atomic mass is 32.2. The van der Waals surface area contributed by atoms with Crippen LogP contribution in [0.2, 0.25) is 0 Å². The summed E-state index contributed by atoms with van der Waals surface area (Å²) in [6.45, 7) is 4.74. The summed E-state index contributed by atoms with van der Waals surface area (Å²) < 4.78 is 67.6. The van der Waals surface area contributed by atoms with E-state index in [0.29, 0.717) is 6.07 Å². The first-order chi connectivity index (χ1) is 19.4. The first kappa shape index (κ1) is 30.0. The average Bonchev–Trinajstić information content (AvgIpc) is 2.90. The van der Waals surface area contributed by atoms with E-state index >= 15 is 0 Å². The van der Waals surface area contributed by atoms with Gasteiger partial charge in [-0.2, -0.15) is 4.98 Å². The van der Waals surface area contributed by atoms with Crippen LogP contribution in [0.3, 0.4) is 0 Å². The largest absolute Gasteiger partial charge is 0.492 e. The average molecular weight is 586 g/mol. The number of sulfone groups is 1. The van der Waals surface area contributed by atoms with Crippen LogP contribution in [0.1, 0.15) is 36.8 Å². The van der Waals surface area contributed by atoms with Crippen molar-refractivity contribution in [1.29, 1.82) is 0 Å². The highest BCUT2D eigenvalue weighted by Crippen LogP contribution is 2.30. The van der Waals surface area contributed by atoms with Crippen LogP contribution < -0.4 is 5.56 Å². The number of benzene rings is 2. The second-order valence-electron chi connectivity index (χ2n) is 9.61. The van der Waals surface area contributed by atoms with E-state index in [1.165, 1.54) is 19.2 Å². The Labute approximate surface area is 236 Å². The van der Waals surface area contributed by atoms with E-state index in [0.717, 1.165) is 33.4 Å². The van der Waals surface area contributed by atoms with E-state index in [-0.39, 0.29) is 35.6 Å². The minimum absolute atomic E-state index is 0.00911. The number of pyridine rings is 1. The Morgan fingerprint density at radius 3 is 2.29 bits per heavy atom. The molecule has 0 unspecified atom stereocenters. The summed E-state index contributed by atoms with van der Waals surface area (Å²) in [5, 5.41) is 10.8. The van der Waals surface area contributed by atoms with E-state index < -0.39 is 43.8 Å². The highest BCUT2D eigenvalue weighted by Gasteiger charge is 2.32. The molecule has 0 spiro atoms. The minimum atomic E-state index is -4.61. The van der Waals surface area contributed by atoms with Crippen LogP contribution in [-0.4, -0.2) is 47.9 Å². The molecule has 41 heavy (non-hydrogen) atoms. The first-order valence-corrected chi connectivity index (χ1v) is 14.1. The van der Waals surface area contributed by atoms with Crippen molar-refractivity contribution in [3.63, 3.8) is 0 Å². The van der Waals surface area contributed by atoms with Crippen LogP contribution in [0.25, 0.3) is 11.1 Å². The van der Waals surface area contributed by atoms with E-state index in [2.05, 4.69) is 9.97 Å². The van der Waals surface area contributed by atoms with E-state index in [4.69, 9.17) is 9.47 Å². The second-order valence-corrected chi connectivity index (χ2v) is 11.5. The fourth-order valence-electron chi connectivity index (χ4n) is 4.42. The molecule has 2 heterocycles. The zero-order chi connectivity index (χ0) is 29.9. The highest BCUT2D eigenvalue weighted by molar-refractivity contribution is 7.91. The summed E-state index contributed by atoms with van der Waals surface area (Å²) in [6.07, 6.45) is 2.98. The molecule has 0 saturated carbocycles. The van der Waals surface area contributed by atoms with Crippen LogP contribution in [0.4, 0.5) is 8.78 Å². The van der Waals surface area contributed by atoms with Gasteiger partial charge in [-0.3, -0.25) is 14.3 Å². The molecule has 4 rings (SSSR count). The van der Waals surface area contributed by atoms with E-state index in [9.17, 15) is 27.1 Å². The Balaban J connectivity index is 1.91. The van der Waals surface area contributed by atoms with Gasteiger partial charge in [-0.15, -0.1) is 0 Å². The Morgan fingerprint density at radius 1 is 1.05 bits per heavy atom. The summed E-state index contributed by atoms with van der Waals surface area (Å²) >= 11 is 0. The molecular weight excluding hydrogens is 556 g/mol. The van der Waals surface area contributed by atoms with Crippen molar-refractivity contribution in [2.45, 2.75) is 49.3 Å². The number of nitrogens with zero attached hydrogens (tertiary/aromatic N) is 3. The van der Waals surface area contributed by atoms with Gasteiger partial charge in [0.2, 0.25) is 15.7 Å². The molecule has 1 N–H and O–H groups in total. The second kappa shape index (κ2) is 12.2. The molecule has 0 radical (unpaired) electrons. The molecule has 1 atom stereocenters. The number of rotatable bonds is 10. The molecule has 12 heteroatoms. The van der Waals surface area contributed by atoms with Crippen molar-refractivity contribution < 1.29 is 31.8 Å². The molecule has 0 saturated heterocycles. The SMILES string of the molecule is COC[C@@H](c1cc(F)cc(F)c1)n1c(COC(C)C)nc(O)c(S(=O)(=O)c2ccc(-c3ccncc3C)cc2)c1=O. The predicted molar refractivity (Wildman–Crippen MR) is 146 cm³/mol. The topological polar surface area (TPSA) is 121 Å². The minimum Gasteiger partial charge on any atom is -0.492 e. The molecule has 0 aliphatic carbocycles. The lowest BCUT2D eigenvalue weighted by Gasteiger charge is -2.24. The molecule has 0 aliphatic rings. The van der Waals surface area contributed by atoms with Crippen molar-refractivity contribution in [1.82, 2.24) is 14.5 Å². The Hall–Kier alpha value is -4.00. The van der Waals surface area contributed by atoms with Gasteiger partial charge in [0.1, 0.15) is 24.1 Å². The fourth-order valence-corrected chi connectivity index (χ4v) is 5.77. The van der Waals surface area contributed by atoms with Gasteiger partial charge in [0.05, 0.1) is 23.6 Å². The number of aromatic nitrogens is 3. The van der Waals surface area contributed by atoms with Crippen molar-refractivity contribution >= 4 is 9.84 Å². The molecular formula is C29H29F2N3O6S. The van der Waals surface area contributed by atoms with Gasteiger partial charge in [0.25, 0.3) is 5.56 Å². The predicted octanol–water partition coefficient (Wildman–Crippen LogP) is 4.59. The maximum atomic E-state index is 14.2. The molecule has 0 fully saturated rings. The smallest absolute Gasteiger partial charge is 0.277 e. The standard InChI is InChI=1S/C29H29F2N3O6S/c1-17(2)40-16-26-33-28(35)27(29(36)34(26)25(15-39-4)20-11-21(30)13-22(31)12-20)41(37,38)23-7-5-19(6-8-23)24-9-10-32-14-18(24)3/h5-14,17,25,35H,15-16H2,1-4H3/t25-/m0/s1. The Bertz CT molecular complexity index is 1700. The van der Waals surface area contributed by atoms with Gasteiger partial charge >= 0.3 is 0 Å². The molecule has 216 valence electrons. The maximum absolute atomic E-state index is 14.2. The zero-order valence-electron chi connectivity index (χ0n) is 22.8.